The van der Waals surface area contributed by atoms with Gasteiger partial charge in [0.05, 0.1) is 17.7 Å². The van der Waals surface area contributed by atoms with Crippen LogP contribution in [0.3, 0.4) is 0 Å². The lowest BCUT2D eigenvalue weighted by Crippen LogP contribution is -2.34. The van der Waals surface area contributed by atoms with Gasteiger partial charge < -0.3 is 29.2 Å². The number of rotatable bonds is 5. The van der Waals surface area contributed by atoms with E-state index in [4.69, 9.17) is 14.2 Å². The molecule has 24 heavy (non-hydrogen) atoms. The number of halogens is 1. The molecule has 0 radical (unpaired) electrons. The zero-order valence-corrected chi connectivity index (χ0v) is 14.5. The van der Waals surface area contributed by atoms with Crippen molar-refractivity contribution >= 4 is 33.9 Å². The first-order valence-corrected chi connectivity index (χ1v) is 7.73. The lowest BCUT2D eigenvalue weighted by Gasteiger charge is -2.20. The van der Waals surface area contributed by atoms with Crippen LogP contribution in [0.15, 0.2) is 15.5 Å². The van der Waals surface area contributed by atoms with Crippen LogP contribution in [-0.2, 0) is 23.7 Å². The van der Waals surface area contributed by atoms with Crippen LogP contribution in [-0.4, -0.2) is 54.2 Å². The van der Waals surface area contributed by atoms with E-state index < -0.39 is 36.3 Å². The third kappa shape index (κ3) is 4.93. The quantitative estimate of drug-likeness (QED) is 0.682. The summed E-state index contributed by atoms with van der Waals surface area (Å²) in [5.74, 6) is -0.252. The molecule has 1 aliphatic heterocycles. The molecule has 1 fully saturated rings. The fourth-order valence-corrected chi connectivity index (χ4v) is 2.44. The van der Waals surface area contributed by atoms with Crippen molar-refractivity contribution in [3.05, 3.63) is 21.2 Å². The second-order valence-corrected chi connectivity index (χ2v) is 5.73. The van der Waals surface area contributed by atoms with E-state index in [1.54, 1.807) is 0 Å². The molecule has 0 saturated carbocycles. The van der Waals surface area contributed by atoms with Crippen LogP contribution in [0, 0.1) is 0 Å². The average Bonchev–Trinajstić information content (AvgIpc) is 2.89. The SMILES string of the molecule is COC(=O)OC[C@@H]1C[C@@H](OC(C)=O)[C@H](Nc2nc(=O)[nH]cc2Br)O1. The number of nitrogens with one attached hydrogen (secondary N) is 2. The van der Waals surface area contributed by atoms with E-state index in [-0.39, 0.29) is 12.4 Å². The number of nitrogens with zero attached hydrogens (tertiary/aromatic N) is 1. The Kier molecular flexibility index (Phi) is 6.15. The van der Waals surface area contributed by atoms with Crippen LogP contribution in [0.1, 0.15) is 13.3 Å². The minimum absolute atomic E-state index is 0.0629. The first-order valence-electron chi connectivity index (χ1n) is 6.94. The molecule has 0 aliphatic carbocycles. The lowest BCUT2D eigenvalue weighted by atomic mass is 10.2. The molecule has 0 spiro atoms. The van der Waals surface area contributed by atoms with Crippen molar-refractivity contribution in [3.8, 4) is 0 Å². The van der Waals surface area contributed by atoms with E-state index in [9.17, 15) is 14.4 Å². The zero-order chi connectivity index (χ0) is 17.7. The van der Waals surface area contributed by atoms with Gasteiger partial charge in [-0.25, -0.2) is 9.59 Å². The molecule has 11 heteroatoms. The van der Waals surface area contributed by atoms with Gasteiger partial charge in [0.25, 0.3) is 0 Å². The third-order valence-electron chi connectivity index (χ3n) is 3.08. The Hall–Kier alpha value is -2.14. The Balaban J connectivity index is 2.06. The molecule has 10 nitrogen and oxygen atoms in total. The standard InChI is InChI=1S/C13H16BrN3O7/c1-6(18)23-9-3-7(5-22-13(20)21-2)24-11(9)16-10-8(14)4-15-12(19)17-10/h4,7,9,11H,3,5H2,1-2H3,(H2,15,16,17,19)/t7-,9+,11+/m0/s1. The summed E-state index contributed by atoms with van der Waals surface area (Å²) in [6.07, 6.45) is -1.02. The number of esters is 1. The molecule has 1 aromatic rings. The van der Waals surface area contributed by atoms with Gasteiger partial charge in [-0.3, -0.25) is 4.79 Å². The van der Waals surface area contributed by atoms with Gasteiger partial charge in [-0.05, 0) is 15.9 Å². The van der Waals surface area contributed by atoms with Crippen LogP contribution in [0.25, 0.3) is 0 Å². The van der Waals surface area contributed by atoms with E-state index in [0.29, 0.717) is 10.9 Å². The van der Waals surface area contributed by atoms with Crippen molar-refractivity contribution < 1.29 is 28.5 Å². The smallest absolute Gasteiger partial charge is 0.458 e. The molecule has 2 rings (SSSR count). The number of aromatic amines is 1. The van der Waals surface area contributed by atoms with Crippen molar-refractivity contribution in [1.29, 1.82) is 0 Å². The molecule has 2 N–H and O–H groups in total. The molecule has 132 valence electrons. The summed E-state index contributed by atoms with van der Waals surface area (Å²) in [4.78, 5) is 39.8. The Morgan fingerprint density at radius 3 is 2.96 bits per heavy atom. The van der Waals surface area contributed by atoms with Crippen LogP contribution in [0.5, 0.6) is 0 Å². The number of methoxy groups -OCH3 is 1. The molecular weight excluding hydrogens is 390 g/mol. The summed E-state index contributed by atoms with van der Waals surface area (Å²) in [6, 6.07) is 0. The predicted octanol–water partition coefficient (Wildman–Crippen LogP) is 0.774. The first kappa shape index (κ1) is 18.2. The van der Waals surface area contributed by atoms with Gasteiger partial charge in [0, 0.05) is 19.5 Å². The Morgan fingerprint density at radius 2 is 2.29 bits per heavy atom. The number of anilines is 1. The predicted molar refractivity (Wildman–Crippen MR) is 83.4 cm³/mol. The summed E-state index contributed by atoms with van der Waals surface area (Å²) >= 11 is 3.24. The van der Waals surface area contributed by atoms with Crippen molar-refractivity contribution in [2.24, 2.45) is 0 Å². The second kappa shape index (κ2) is 8.11. The highest BCUT2D eigenvalue weighted by atomic mass is 79.9. The summed E-state index contributed by atoms with van der Waals surface area (Å²) in [7, 11) is 1.19. The minimum atomic E-state index is -0.835. The van der Waals surface area contributed by atoms with Gasteiger partial charge in [-0.1, -0.05) is 0 Å². The molecular formula is C13H16BrN3O7. The minimum Gasteiger partial charge on any atom is -0.458 e. The number of carbonyl (C=O) groups is 2. The largest absolute Gasteiger partial charge is 0.508 e. The number of H-pyrrole nitrogens is 1. The summed E-state index contributed by atoms with van der Waals surface area (Å²) in [5, 5.41) is 2.89. The van der Waals surface area contributed by atoms with Gasteiger partial charge in [0.2, 0.25) is 0 Å². The van der Waals surface area contributed by atoms with Crippen molar-refractivity contribution in [2.75, 3.05) is 19.0 Å². The summed E-state index contributed by atoms with van der Waals surface area (Å²) in [6.45, 7) is 1.21. The van der Waals surface area contributed by atoms with Crippen LogP contribution >= 0.6 is 15.9 Å². The maximum absolute atomic E-state index is 11.3. The van der Waals surface area contributed by atoms with Crippen molar-refractivity contribution in [1.82, 2.24) is 9.97 Å². The van der Waals surface area contributed by atoms with E-state index in [1.165, 1.54) is 20.2 Å². The fraction of sp³-hybridized carbons (Fsp3) is 0.538. The highest BCUT2D eigenvalue weighted by Crippen LogP contribution is 2.27. The number of hydrogen-bond donors (Lipinski definition) is 2. The van der Waals surface area contributed by atoms with Crippen LogP contribution in [0.2, 0.25) is 0 Å². The Bertz CT molecular complexity index is 665. The number of aromatic nitrogens is 2. The van der Waals surface area contributed by atoms with Crippen molar-refractivity contribution in [3.63, 3.8) is 0 Å². The fourth-order valence-electron chi connectivity index (χ4n) is 2.13. The van der Waals surface area contributed by atoms with E-state index in [2.05, 4.69) is 36.0 Å². The molecule has 2 heterocycles. The normalized spacial score (nSPS) is 22.7. The van der Waals surface area contributed by atoms with Gasteiger partial charge >= 0.3 is 17.8 Å². The molecule has 0 amide bonds. The topological polar surface area (TPSA) is 129 Å². The van der Waals surface area contributed by atoms with Crippen LogP contribution < -0.4 is 11.0 Å². The molecule has 0 aromatic carbocycles. The number of hydrogen-bond acceptors (Lipinski definition) is 9. The lowest BCUT2D eigenvalue weighted by molar-refractivity contribution is -0.148. The highest BCUT2D eigenvalue weighted by Gasteiger charge is 2.38. The molecule has 1 saturated heterocycles. The van der Waals surface area contributed by atoms with E-state index in [0.717, 1.165) is 0 Å². The van der Waals surface area contributed by atoms with Crippen LogP contribution in [0.4, 0.5) is 10.6 Å². The van der Waals surface area contributed by atoms with Gasteiger partial charge in [0.15, 0.2) is 6.23 Å². The zero-order valence-electron chi connectivity index (χ0n) is 12.9. The molecule has 1 aliphatic rings. The third-order valence-corrected chi connectivity index (χ3v) is 3.69. The van der Waals surface area contributed by atoms with Crippen molar-refractivity contribution in [2.45, 2.75) is 31.8 Å². The van der Waals surface area contributed by atoms with E-state index >= 15 is 0 Å². The molecule has 1 aromatic heterocycles. The van der Waals surface area contributed by atoms with Gasteiger partial charge in [-0.2, -0.15) is 4.98 Å². The number of ether oxygens (including phenoxy) is 4. The maximum Gasteiger partial charge on any atom is 0.508 e. The Morgan fingerprint density at radius 1 is 1.54 bits per heavy atom. The number of carbonyl (C=O) groups excluding carboxylic acids is 2. The summed E-state index contributed by atoms with van der Waals surface area (Å²) in [5.41, 5.74) is -0.548. The molecule has 0 bridgehead atoms. The van der Waals surface area contributed by atoms with Gasteiger partial charge in [-0.15, -0.1) is 0 Å². The molecule has 0 unspecified atom stereocenters. The highest BCUT2D eigenvalue weighted by molar-refractivity contribution is 9.10. The molecule has 3 atom stereocenters. The van der Waals surface area contributed by atoms with Gasteiger partial charge in [0.1, 0.15) is 18.5 Å². The average molecular weight is 406 g/mol. The second-order valence-electron chi connectivity index (χ2n) is 4.87. The maximum atomic E-state index is 11.3. The Labute approximate surface area is 145 Å². The summed E-state index contributed by atoms with van der Waals surface area (Å²) < 4.78 is 20.6. The monoisotopic (exact) mass is 405 g/mol. The van der Waals surface area contributed by atoms with E-state index in [1.807, 2.05) is 0 Å². The first-order chi connectivity index (χ1) is 11.4.